The van der Waals surface area contributed by atoms with Gasteiger partial charge in [0, 0.05) is 11.6 Å². The second-order valence-corrected chi connectivity index (χ2v) is 9.56. The zero-order valence-electron chi connectivity index (χ0n) is 15.8. The largest absolute Gasteiger partial charge is 0.389 e. The summed E-state index contributed by atoms with van der Waals surface area (Å²) in [5.74, 6) is 0.924. The van der Waals surface area contributed by atoms with Crippen LogP contribution < -0.4 is 11.5 Å². The average molecular weight is 337 g/mol. The molecule has 138 valence electrons. The molecular weight excluding hydrogens is 300 g/mol. The fraction of sp³-hybridized carbons (Fsp3) is 0.900. The Hall–Kier alpha value is -0.420. The van der Waals surface area contributed by atoms with E-state index in [1.165, 1.54) is 0 Å². The van der Waals surface area contributed by atoms with Gasteiger partial charge in [0.05, 0.1) is 17.3 Å². The van der Waals surface area contributed by atoms with Gasteiger partial charge in [-0.15, -0.1) is 0 Å². The summed E-state index contributed by atoms with van der Waals surface area (Å²) in [5, 5.41) is 10.8. The molecule has 1 heterocycles. The molecule has 8 atom stereocenters. The number of fused-ring (bicyclic) bond motifs is 1. The third-order valence-electron chi connectivity index (χ3n) is 7.51. The van der Waals surface area contributed by atoms with E-state index in [0.29, 0.717) is 11.8 Å². The van der Waals surface area contributed by atoms with E-state index in [-0.39, 0.29) is 29.2 Å². The topological polar surface area (TPSA) is 81.5 Å². The third-order valence-corrected chi connectivity index (χ3v) is 7.51. The number of aliphatic hydroxyl groups is 1. The molecule has 1 aliphatic heterocycles. The molecule has 0 aromatic heterocycles. The normalized spacial score (nSPS) is 55.2. The number of hydrogen-bond acceptors (Lipinski definition) is 4. The Kier molecular flexibility index (Phi) is 4.44. The quantitative estimate of drug-likeness (QED) is 0.677. The zero-order chi connectivity index (χ0) is 17.9. The van der Waals surface area contributed by atoms with E-state index in [9.17, 15) is 5.11 Å². The summed E-state index contributed by atoms with van der Waals surface area (Å²) in [6.45, 7) is 12.4. The average Bonchev–Trinajstić information content (AvgIpc) is 2.86. The first-order chi connectivity index (χ1) is 11.0. The van der Waals surface area contributed by atoms with Crippen LogP contribution in [0.2, 0.25) is 0 Å². The highest BCUT2D eigenvalue weighted by atomic mass is 16.5. The predicted molar refractivity (Wildman–Crippen MR) is 97.5 cm³/mol. The maximum atomic E-state index is 10.8. The van der Waals surface area contributed by atoms with Crippen molar-refractivity contribution in [3.8, 4) is 0 Å². The maximum absolute atomic E-state index is 10.8. The standard InChI is InChI=1S/C20H36N2O2/c1-12(2)15-8-11-20(5,24-15)14-6-9-18(3,22)13-7-10-19(4,23)17(21)16(13)14/h13-17,23H,1,6-11,21-22H2,2-5H3/t13?,14-,15-,16?,17+,18-,19+,20+/m0/s1. The molecule has 2 saturated carbocycles. The fourth-order valence-electron chi connectivity index (χ4n) is 5.81. The summed E-state index contributed by atoms with van der Waals surface area (Å²) in [6, 6.07) is -0.242. The van der Waals surface area contributed by atoms with Gasteiger partial charge in [-0.1, -0.05) is 12.2 Å². The van der Waals surface area contributed by atoms with Crippen LogP contribution in [0.25, 0.3) is 0 Å². The number of hydrogen-bond donors (Lipinski definition) is 3. The van der Waals surface area contributed by atoms with Gasteiger partial charge in [-0.05, 0) is 84.0 Å². The summed E-state index contributed by atoms with van der Waals surface area (Å²) in [4.78, 5) is 0. The summed E-state index contributed by atoms with van der Waals surface area (Å²) in [6.07, 6.45) is 5.94. The van der Waals surface area contributed by atoms with Crippen molar-refractivity contribution >= 4 is 0 Å². The Balaban J connectivity index is 1.92. The summed E-state index contributed by atoms with van der Waals surface area (Å²) >= 11 is 0. The van der Waals surface area contributed by atoms with Crippen LogP contribution in [0.5, 0.6) is 0 Å². The van der Waals surface area contributed by atoms with E-state index >= 15 is 0 Å². The van der Waals surface area contributed by atoms with Gasteiger partial charge in [-0.2, -0.15) is 0 Å². The second-order valence-electron chi connectivity index (χ2n) is 9.56. The van der Waals surface area contributed by atoms with Gasteiger partial charge in [0.15, 0.2) is 0 Å². The smallest absolute Gasteiger partial charge is 0.0788 e. The molecule has 3 rings (SSSR count). The van der Waals surface area contributed by atoms with E-state index in [1.54, 1.807) is 0 Å². The Morgan fingerprint density at radius 1 is 1.08 bits per heavy atom. The molecule has 3 aliphatic rings. The van der Waals surface area contributed by atoms with Crippen LogP contribution in [0.1, 0.15) is 66.2 Å². The van der Waals surface area contributed by atoms with E-state index in [1.807, 2.05) is 13.8 Å². The highest BCUT2D eigenvalue weighted by Gasteiger charge is 2.58. The molecule has 0 aromatic rings. The van der Waals surface area contributed by atoms with Crippen LogP contribution >= 0.6 is 0 Å². The first kappa shape index (κ1) is 18.4. The molecular formula is C20H36N2O2. The van der Waals surface area contributed by atoms with Gasteiger partial charge >= 0.3 is 0 Å². The molecule has 0 amide bonds. The van der Waals surface area contributed by atoms with Crippen molar-refractivity contribution in [3.05, 3.63) is 12.2 Å². The monoisotopic (exact) mass is 336 g/mol. The summed E-state index contributed by atoms with van der Waals surface area (Å²) in [5.41, 5.74) is 13.2. The molecule has 1 saturated heterocycles. The van der Waals surface area contributed by atoms with E-state index in [0.717, 1.165) is 44.1 Å². The van der Waals surface area contributed by atoms with Crippen LogP contribution in [0.15, 0.2) is 12.2 Å². The van der Waals surface area contributed by atoms with Crippen molar-refractivity contribution in [1.29, 1.82) is 0 Å². The summed E-state index contributed by atoms with van der Waals surface area (Å²) in [7, 11) is 0. The molecule has 0 spiro atoms. The fourth-order valence-corrected chi connectivity index (χ4v) is 5.81. The van der Waals surface area contributed by atoms with Crippen LogP contribution in [-0.4, -0.2) is 34.0 Å². The molecule has 2 aliphatic carbocycles. The number of nitrogens with two attached hydrogens (primary N) is 2. The van der Waals surface area contributed by atoms with Crippen LogP contribution in [0, 0.1) is 17.8 Å². The summed E-state index contributed by atoms with van der Waals surface area (Å²) < 4.78 is 6.51. The molecule has 0 radical (unpaired) electrons. The van der Waals surface area contributed by atoms with Crippen LogP contribution in [0.4, 0.5) is 0 Å². The third kappa shape index (κ3) is 2.86. The van der Waals surface area contributed by atoms with E-state index in [4.69, 9.17) is 16.2 Å². The van der Waals surface area contributed by atoms with Gasteiger partial charge in [-0.3, -0.25) is 0 Å². The molecule has 4 nitrogen and oxygen atoms in total. The van der Waals surface area contributed by atoms with Gasteiger partial charge in [0.25, 0.3) is 0 Å². The maximum Gasteiger partial charge on any atom is 0.0788 e. The van der Waals surface area contributed by atoms with Crippen molar-refractivity contribution in [1.82, 2.24) is 0 Å². The first-order valence-corrected chi connectivity index (χ1v) is 9.58. The zero-order valence-corrected chi connectivity index (χ0v) is 15.8. The lowest BCUT2D eigenvalue weighted by molar-refractivity contribution is -0.148. The highest BCUT2D eigenvalue weighted by molar-refractivity contribution is 5.13. The molecule has 2 unspecified atom stereocenters. The minimum absolute atomic E-state index is 0.153. The van der Waals surface area contributed by atoms with Gasteiger partial charge in [0.1, 0.15) is 0 Å². The number of ether oxygens (including phenoxy) is 1. The van der Waals surface area contributed by atoms with Crippen molar-refractivity contribution in [2.24, 2.45) is 29.2 Å². The SMILES string of the molecule is C=C(C)[C@@H]1CC[C@](C)([C@H]2CC[C@](C)(N)C3CC[C@@](C)(O)[C@H](N)C32)O1. The molecule has 24 heavy (non-hydrogen) atoms. The van der Waals surface area contributed by atoms with E-state index in [2.05, 4.69) is 20.4 Å². The lowest BCUT2D eigenvalue weighted by atomic mass is 9.51. The van der Waals surface area contributed by atoms with Gasteiger partial charge in [-0.25, -0.2) is 0 Å². The van der Waals surface area contributed by atoms with Crippen molar-refractivity contribution in [2.45, 2.75) is 95.1 Å². The van der Waals surface area contributed by atoms with Crippen molar-refractivity contribution < 1.29 is 9.84 Å². The first-order valence-electron chi connectivity index (χ1n) is 9.58. The molecule has 0 aromatic carbocycles. The van der Waals surface area contributed by atoms with Gasteiger partial charge < -0.3 is 21.3 Å². The van der Waals surface area contributed by atoms with Crippen LogP contribution in [-0.2, 0) is 4.74 Å². The molecule has 5 N–H and O–H groups in total. The Bertz CT molecular complexity index is 516. The van der Waals surface area contributed by atoms with E-state index < -0.39 is 5.60 Å². The number of rotatable bonds is 2. The van der Waals surface area contributed by atoms with Gasteiger partial charge in [0.2, 0.25) is 0 Å². The van der Waals surface area contributed by atoms with Crippen LogP contribution in [0.3, 0.4) is 0 Å². The predicted octanol–water partition coefficient (Wildman–Crippen LogP) is 2.73. The molecule has 3 fully saturated rings. The second kappa shape index (κ2) is 5.80. The minimum atomic E-state index is -0.810. The Morgan fingerprint density at radius 3 is 2.29 bits per heavy atom. The highest BCUT2D eigenvalue weighted by Crippen LogP contribution is 2.55. The lowest BCUT2D eigenvalue weighted by Gasteiger charge is -2.58. The Morgan fingerprint density at radius 2 is 1.71 bits per heavy atom. The molecule has 4 heteroatoms. The van der Waals surface area contributed by atoms with Crippen molar-refractivity contribution in [2.75, 3.05) is 0 Å². The lowest BCUT2D eigenvalue weighted by Crippen LogP contribution is -2.67. The van der Waals surface area contributed by atoms with Crippen molar-refractivity contribution in [3.63, 3.8) is 0 Å². The molecule has 0 bridgehead atoms. The Labute approximate surface area is 147 Å². The minimum Gasteiger partial charge on any atom is -0.389 e.